The van der Waals surface area contributed by atoms with Crippen molar-refractivity contribution in [2.45, 2.75) is 24.3 Å². The van der Waals surface area contributed by atoms with E-state index in [1.165, 1.54) is 18.0 Å². The van der Waals surface area contributed by atoms with Gasteiger partial charge in [0.15, 0.2) is 10.9 Å². The maximum Gasteiger partial charge on any atom is 0.296 e. The predicted octanol–water partition coefficient (Wildman–Crippen LogP) is 3.83. The minimum Gasteiger partial charge on any atom is -0.497 e. The first-order chi connectivity index (χ1) is 16.2. The molecule has 0 fully saturated rings. The summed E-state index contributed by atoms with van der Waals surface area (Å²) in [5, 5.41) is 9.53. The van der Waals surface area contributed by atoms with Crippen molar-refractivity contribution >= 4 is 17.7 Å². The standard InChI is InChI=1S/C23H23N5O4S/c1-3-32-27-22(29)19-14-31-21(24-19)15-33-23-26-25-20(13-16-7-5-4-6-8-16)28(23)17-9-11-18(30-2)12-10-17/h4-12,14H,3,13,15H2,1-2H3,(H,27,29). The van der Waals surface area contributed by atoms with E-state index in [0.29, 0.717) is 29.8 Å². The van der Waals surface area contributed by atoms with Crippen LogP contribution < -0.4 is 10.2 Å². The molecule has 33 heavy (non-hydrogen) atoms. The molecule has 9 nitrogen and oxygen atoms in total. The number of nitrogens with one attached hydrogen (secondary N) is 1. The van der Waals surface area contributed by atoms with Crippen molar-refractivity contribution in [3.63, 3.8) is 0 Å². The number of carbonyl (C=O) groups is 1. The van der Waals surface area contributed by atoms with Crippen LogP contribution in [-0.2, 0) is 17.0 Å². The van der Waals surface area contributed by atoms with Gasteiger partial charge in [-0.1, -0.05) is 42.1 Å². The van der Waals surface area contributed by atoms with Crippen molar-refractivity contribution in [2.75, 3.05) is 13.7 Å². The Morgan fingerprint density at radius 3 is 2.64 bits per heavy atom. The highest BCUT2D eigenvalue weighted by atomic mass is 32.2. The fraction of sp³-hybridized carbons (Fsp3) is 0.217. The first-order valence-corrected chi connectivity index (χ1v) is 11.3. The zero-order valence-corrected chi connectivity index (χ0v) is 19.0. The molecule has 170 valence electrons. The number of nitrogens with zero attached hydrogens (tertiary/aromatic N) is 4. The molecule has 0 saturated heterocycles. The number of aromatic nitrogens is 4. The minimum absolute atomic E-state index is 0.153. The lowest BCUT2D eigenvalue weighted by molar-refractivity contribution is 0.0360. The van der Waals surface area contributed by atoms with Crippen LogP contribution in [0.5, 0.6) is 5.75 Å². The third-order valence-electron chi connectivity index (χ3n) is 4.65. The highest BCUT2D eigenvalue weighted by Crippen LogP contribution is 2.27. The normalized spacial score (nSPS) is 10.8. The number of carbonyl (C=O) groups excluding carboxylic acids is 1. The van der Waals surface area contributed by atoms with Crippen LogP contribution in [0.4, 0.5) is 0 Å². The molecule has 0 spiro atoms. The van der Waals surface area contributed by atoms with Gasteiger partial charge in [0.2, 0.25) is 5.89 Å². The summed E-state index contributed by atoms with van der Waals surface area (Å²) < 4.78 is 12.7. The number of benzene rings is 2. The van der Waals surface area contributed by atoms with Gasteiger partial charge in [0, 0.05) is 12.1 Å². The number of hydrogen-bond acceptors (Lipinski definition) is 8. The van der Waals surface area contributed by atoms with Crippen LogP contribution in [0, 0.1) is 0 Å². The van der Waals surface area contributed by atoms with E-state index in [2.05, 4.69) is 32.8 Å². The van der Waals surface area contributed by atoms with E-state index in [1.807, 2.05) is 47.0 Å². The van der Waals surface area contributed by atoms with Gasteiger partial charge < -0.3 is 9.15 Å². The molecule has 1 N–H and O–H groups in total. The first-order valence-electron chi connectivity index (χ1n) is 10.3. The Hall–Kier alpha value is -3.63. The van der Waals surface area contributed by atoms with Crippen LogP contribution in [0.3, 0.4) is 0 Å². The van der Waals surface area contributed by atoms with Crippen LogP contribution >= 0.6 is 11.8 Å². The monoisotopic (exact) mass is 465 g/mol. The number of thioether (sulfide) groups is 1. The summed E-state index contributed by atoms with van der Waals surface area (Å²) in [5.41, 5.74) is 4.50. The summed E-state index contributed by atoms with van der Waals surface area (Å²) in [5.74, 6) is 1.89. The molecular formula is C23H23N5O4S. The Balaban J connectivity index is 1.56. The Labute approximate surface area is 195 Å². The summed E-state index contributed by atoms with van der Waals surface area (Å²) in [6.07, 6.45) is 1.93. The predicted molar refractivity (Wildman–Crippen MR) is 122 cm³/mol. The average Bonchev–Trinajstić information content (AvgIpc) is 3.49. The molecule has 0 aliphatic carbocycles. The zero-order valence-electron chi connectivity index (χ0n) is 18.2. The van der Waals surface area contributed by atoms with Crippen molar-refractivity contribution in [1.82, 2.24) is 25.2 Å². The number of amides is 1. The number of hydroxylamine groups is 1. The Bertz CT molecular complexity index is 1190. The third-order valence-corrected chi connectivity index (χ3v) is 5.57. The van der Waals surface area contributed by atoms with Gasteiger partial charge in [-0.2, -0.15) is 0 Å². The van der Waals surface area contributed by atoms with Crippen molar-refractivity contribution in [1.29, 1.82) is 0 Å². The fourth-order valence-electron chi connectivity index (χ4n) is 3.08. The van der Waals surface area contributed by atoms with Crippen molar-refractivity contribution in [2.24, 2.45) is 0 Å². The summed E-state index contributed by atoms with van der Waals surface area (Å²) in [7, 11) is 1.63. The second kappa shape index (κ2) is 10.8. The maximum absolute atomic E-state index is 12.0. The molecule has 0 radical (unpaired) electrons. The van der Waals surface area contributed by atoms with Gasteiger partial charge in [-0.05, 0) is 36.8 Å². The number of oxazole rings is 1. The highest BCUT2D eigenvalue weighted by Gasteiger charge is 2.18. The number of rotatable bonds is 10. The molecule has 0 bridgehead atoms. The van der Waals surface area contributed by atoms with Gasteiger partial charge in [-0.25, -0.2) is 10.5 Å². The first kappa shape index (κ1) is 22.6. The van der Waals surface area contributed by atoms with E-state index in [9.17, 15) is 4.79 Å². The van der Waals surface area contributed by atoms with E-state index in [4.69, 9.17) is 14.0 Å². The van der Waals surface area contributed by atoms with Gasteiger partial charge in [0.1, 0.15) is 17.8 Å². The molecule has 0 atom stereocenters. The SMILES string of the molecule is CCONC(=O)c1coc(CSc2nnc(Cc3ccccc3)n2-c2ccc(OC)cc2)n1. The van der Waals surface area contributed by atoms with Gasteiger partial charge in [0.25, 0.3) is 5.91 Å². The third kappa shape index (κ3) is 5.60. The van der Waals surface area contributed by atoms with Gasteiger partial charge in [-0.3, -0.25) is 14.2 Å². The molecule has 4 aromatic rings. The van der Waals surface area contributed by atoms with Crippen LogP contribution in [0.15, 0.2) is 70.4 Å². The topological polar surface area (TPSA) is 104 Å². The van der Waals surface area contributed by atoms with Crippen LogP contribution in [0.1, 0.15) is 34.7 Å². The van der Waals surface area contributed by atoms with Crippen molar-refractivity contribution in [3.8, 4) is 11.4 Å². The zero-order chi connectivity index (χ0) is 23.0. The molecule has 2 heterocycles. The molecule has 1 amide bonds. The summed E-state index contributed by atoms with van der Waals surface area (Å²) in [4.78, 5) is 21.1. The van der Waals surface area contributed by atoms with E-state index < -0.39 is 5.91 Å². The smallest absolute Gasteiger partial charge is 0.296 e. The van der Waals surface area contributed by atoms with Crippen LogP contribution in [-0.4, -0.2) is 39.4 Å². The average molecular weight is 466 g/mol. The van der Waals surface area contributed by atoms with E-state index in [1.54, 1.807) is 14.0 Å². The number of hydrogen-bond donors (Lipinski definition) is 1. The Kier molecular flexibility index (Phi) is 7.38. The van der Waals surface area contributed by atoms with E-state index in [0.717, 1.165) is 22.8 Å². The number of ether oxygens (including phenoxy) is 1. The molecule has 2 aromatic carbocycles. The summed E-state index contributed by atoms with van der Waals surface area (Å²) in [6.45, 7) is 2.13. The minimum atomic E-state index is -0.455. The van der Waals surface area contributed by atoms with Crippen molar-refractivity contribution < 1.29 is 18.8 Å². The van der Waals surface area contributed by atoms with E-state index in [-0.39, 0.29) is 5.69 Å². The fourth-order valence-corrected chi connectivity index (χ4v) is 3.90. The largest absolute Gasteiger partial charge is 0.497 e. The molecule has 0 unspecified atom stereocenters. The van der Waals surface area contributed by atoms with Gasteiger partial charge in [0.05, 0.1) is 19.5 Å². The number of methoxy groups -OCH3 is 1. The van der Waals surface area contributed by atoms with Crippen LogP contribution in [0.2, 0.25) is 0 Å². The van der Waals surface area contributed by atoms with Gasteiger partial charge in [-0.15, -0.1) is 10.2 Å². The van der Waals surface area contributed by atoms with Crippen LogP contribution in [0.25, 0.3) is 5.69 Å². The van der Waals surface area contributed by atoms with E-state index >= 15 is 0 Å². The highest BCUT2D eigenvalue weighted by molar-refractivity contribution is 7.98. The molecule has 0 saturated carbocycles. The van der Waals surface area contributed by atoms with Gasteiger partial charge >= 0.3 is 0 Å². The summed E-state index contributed by atoms with van der Waals surface area (Å²) in [6, 6.07) is 17.8. The molecular weight excluding hydrogens is 442 g/mol. The second-order valence-corrected chi connectivity index (χ2v) is 7.82. The molecule has 4 rings (SSSR count). The lowest BCUT2D eigenvalue weighted by atomic mass is 10.1. The molecule has 2 aromatic heterocycles. The lowest BCUT2D eigenvalue weighted by Crippen LogP contribution is -2.23. The summed E-state index contributed by atoms with van der Waals surface area (Å²) >= 11 is 1.42. The molecule has 0 aliphatic rings. The maximum atomic E-state index is 12.0. The van der Waals surface area contributed by atoms with Crippen molar-refractivity contribution in [3.05, 3.63) is 83.8 Å². The quantitative estimate of drug-likeness (QED) is 0.278. The lowest BCUT2D eigenvalue weighted by Gasteiger charge is -2.11. The Morgan fingerprint density at radius 2 is 1.91 bits per heavy atom. The molecule has 10 heteroatoms. The Morgan fingerprint density at radius 1 is 1.12 bits per heavy atom. The molecule has 0 aliphatic heterocycles. The second-order valence-electron chi connectivity index (χ2n) is 6.87.